The van der Waals surface area contributed by atoms with E-state index in [1.807, 2.05) is 50.2 Å². The molecule has 0 aliphatic carbocycles. The quantitative estimate of drug-likeness (QED) is 0.302. The van der Waals surface area contributed by atoms with E-state index in [-0.39, 0.29) is 11.9 Å². The van der Waals surface area contributed by atoms with Gasteiger partial charge in [-0.25, -0.2) is 5.43 Å². The van der Waals surface area contributed by atoms with Crippen LogP contribution in [0.4, 0.5) is 0 Å². The molecule has 0 atom stereocenters. The lowest BCUT2D eigenvalue weighted by Gasteiger charge is -2.10. The minimum Gasteiger partial charge on any atom is -0.289 e. The predicted octanol–water partition coefficient (Wildman–Crippen LogP) is 5.35. The third kappa shape index (κ3) is 6.77. The number of nitrogens with one attached hydrogen (secondary N) is 2. The number of nitrogens with zero attached hydrogens (tertiary/aromatic N) is 3. The van der Waals surface area contributed by atoms with Gasteiger partial charge in [-0.2, -0.15) is 10.2 Å². The SMILES string of the molecule is Cc1cccc(C(=O)N/C(=N/N=C/c2ccc(Cl)cc2)N/N=C/c2ccc(Cl)cc2)c1C. The van der Waals surface area contributed by atoms with E-state index in [0.29, 0.717) is 15.6 Å². The number of rotatable bonds is 5. The zero-order valence-corrected chi connectivity index (χ0v) is 19.0. The second-order valence-electron chi connectivity index (χ2n) is 6.87. The molecule has 6 nitrogen and oxygen atoms in total. The summed E-state index contributed by atoms with van der Waals surface area (Å²) in [5.41, 5.74) is 6.82. The van der Waals surface area contributed by atoms with Crippen LogP contribution in [-0.4, -0.2) is 24.3 Å². The molecule has 0 saturated carbocycles. The first-order valence-electron chi connectivity index (χ1n) is 9.71. The molecule has 0 aliphatic heterocycles. The third-order valence-electron chi connectivity index (χ3n) is 4.57. The number of aryl methyl sites for hydroxylation is 1. The summed E-state index contributed by atoms with van der Waals surface area (Å²) in [5.74, 6) is -0.243. The average Bonchev–Trinajstić information content (AvgIpc) is 2.78. The fraction of sp³-hybridized carbons (Fsp3) is 0.0833. The largest absolute Gasteiger partial charge is 0.289 e. The molecule has 0 saturated heterocycles. The van der Waals surface area contributed by atoms with Crippen molar-refractivity contribution in [1.29, 1.82) is 0 Å². The lowest BCUT2D eigenvalue weighted by atomic mass is 10.0. The second-order valence-corrected chi connectivity index (χ2v) is 7.74. The molecule has 0 bridgehead atoms. The molecular weight excluding hydrogens is 445 g/mol. The fourth-order valence-electron chi connectivity index (χ4n) is 2.67. The van der Waals surface area contributed by atoms with Crippen LogP contribution in [0.25, 0.3) is 0 Å². The van der Waals surface area contributed by atoms with Gasteiger partial charge in [0.15, 0.2) is 0 Å². The number of benzene rings is 3. The molecule has 32 heavy (non-hydrogen) atoms. The van der Waals surface area contributed by atoms with E-state index in [9.17, 15) is 4.79 Å². The molecular formula is C24H21Cl2N5O. The average molecular weight is 466 g/mol. The summed E-state index contributed by atoms with van der Waals surface area (Å²) >= 11 is 11.8. The Bertz CT molecular complexity index is 1170. The standard InChI is InChI=1S/C24H21Cl2N5O/c1-16-4-3-5-22(17(16)2)23(32)29-24(30-27-14-18-6-10-20(25)11-7-18)31-28-15-19-8-12-21(26)13-9-19/h3-15H,1-2H3,(H2,29,30,31,32)/b27-14+,28-15+. The molecule has 0 unspecified atom stereocenters. The van der Waals surface area contributed by atoms with Gasteiger partial charge < -0.3 is 0 Å². The number of guanidine groups is 1. The van der Waals surface area contributed by atoms with Crippen molar-refractivity contribution in [2.75, 3.05) is 0 Å². The van der Waals surface area contributed by atoms with Crippen molar-refractivity contribution in [2.24, 2.45) is 15.3 Å². The van der Waals surface area contributed by atoms with E-state index in [1.54, 1.807) is 42.8 Å². The number of hydrogen-bond donors (Lipinski definition) is 2. The summed E-state index contributed by atoms with van der Waals surface area (Å²) < 4.78 is 0. The summed E-state index contributed by atoms with van der Waals surface area (Å²) in [6.07, 6.45) is 3.13. The van der Waals surface area contributed by atoms with Crippen molar-refractivity contribution in [3.8, 4) is 0 Å². The van der Waals surface area contributed by atoms with Gasteiger partial charge in [0, 0.05) is 15.6 Å². The summed E-state index contributed by atoms with van der Waals surface area (Å²) in [4.78, 5) is 12.8. The number of amides is 1. The molecule has 8 heteroatoms. The van der Waals surface area contributed by atoms with E-state index in [4.69, 9.17) is 23.2 Å². The van der Waals surface area contributed by atoms with E-state index >= 15 is 0 Å². The van der Waals surface area contributed by atoms with Crippen molar-refractivity contribution in [1.82, 2.24) is 10.7 Å². The normalized spacial score (nSPS) is 11.8. The number of halogens is 2. The molecule has 1 amide bonds. The van der Waals surface area contributed by atoms with Gasteiger partial charge in [0.25, 0.3) is 5.91 Å². The monoisotopic (exact) mass is 465 g/mol. The van der Waals surface area contributed by atoms with Crippen LogP contribution in [0, 0.1) is 13.8 Å². The highest BCUT2D eigenvalue weighted by Gasteiger charge is 2.12. The number of hydrogen-bond acceptors (Lipinski definition) is 4. The van der Waals surface area contributed by atoms with Crippen LogP contribution >= 0.6 is 23.2 Å². The molecule has 0 radical (unpaired) electrons. The Kier molecular flexibility index (Phi) is 8.14. The van der Waals surface area contributed by atoms with Crippen LogP contribution in [-0.2, 0) is 0 Å². The highest BCUT2D eigenvalue weighted by Crippen LogP contribution is 2.12. The van der Waals surface area contributed by atoms with Gasteiger partial charge in [0.1, 0.15) is 0 Å². The van der Waals surface area contributed by atoms with Crippen LogP contribution in [0.1, 0.15) is 32.6 Å². The topological polar surface area (TPSA) is 78.2 Å². The molecule has 0 aliphatic rings. The van der Waals surface area contributed by atoms with Crippen LogP contribution in [0.5, 0.6) is 0 Å². The van der Waals surface area contributed by atoms with Crippen LogP contribution in [0.15, 0.2) is 82.0 Å². The Morgan fingerprint density at radius 2 is 1.44 bits per heavy atom. The first kappa shape index (κ1) is 23.2. The third-order valence-corrected chi connectivity index (χ3v) is 5.07. The van der Waals surface area contributed by atoms with Gasteiger partial charge in [0.2, 0.25) is 5.96 Å². The molecule has 3 aromatic carbocycles. The van der Waals surface area contributed by atoms with Gasteiger partial charge in [-0.15, -0.1) is 5.10 Å². The smallest absolute Gasteiger partial charge is 0.258 e. The molecule has 3 aromatic rings. The fourth-order valence-corrected chi connectivity index (χ4v) is 2.92. The van der Waals surface area contributed by atoms with E-state index in [1.165, 1.54) is 0 Å². The predicted molar refractivity (Wildman–Crippen MR) is 132 cm³/mol. The lowest BCUT2D eigenvalue weighted by Crippen LogP contribution is -2.38. The first-order valence-corrected chi connectivity index (χ1v) is 10.5. The van der Waals surface area contributed by atoms with Gasteiger partial charge in [-0.1, -0.05) is 59.6 Å². The summed E-state index contributed by atoms with van der Waals surface area (Å²) in [7, 11) is 0. The van der Waals surface area contributed by atoms with Gasteiger partial charge in [-0.3, -0.25) is 10.1 Å². The minimum atomic E-state index is -0.319. The van der Waals surface area contributed by atoms with Gasteiger partial charge >= 0.3 is 0 Å². The highest BCUT2D eigenvalue weighted by atomic mass is 35.5. The lowest BCUT2D eigenvalue weighted by molar-refractivity contribution is 0.0975. The Hall–Kier alpha value is -3.48. The van der Waals surface area contributed by atoms with E-state index in [0.717, 1.165) is 22.3 Å². The summed E-state index contributed by atoms with van der Waals surface area (Å²) in [5, 5.41) is 16.3. The van der Waals surface area contributed by atoms with Crippen molar-refractivity contribution in [3.05, 3.63) is 105 Å². The van der Waals surface area contributed by atoms with Crippen LogP contribution in [0.3, 0.4) is 0 Å². The maximum absolute atomic E-state index is 12.8. The van der Waals surface area contributed by atoms with Crippen LogP contribution in [0.2, 0.25) is 10.0 Å². The van der Waals surface area contributed by atoms with Crippen molar-refractivity contribution >= 4 is 47.5 Å². The maximum Gasteiger partial charge on any atom is 0.258 e. The number of carbonyl (C=O) groups excluding carboxylic acids is 1. The Morgan fingerprint density at radius 1 is 0.844 bits per heavy atom. The minimum absolute atomic E-state index is 0.0753. The van der Waals surface area contributed by atoms with E-state index in [2.05, 4.69) is 26.0 Å². The van der Waals surface area contributed by atoms with Gasteiger partial charge in [0.05, 0.1) is 12.4 Å². The molecule has 0 heterocycles. The zero-order chi connectivity index (χ0) is 22.9. The van der Waals surface area contributed by atoms with Crippen LogP contribution < -0.4 is 10.7 Å². The molecule has 162 valence electrons. The molecule has 0 spiro atoms. The van der Waals surface area contributed by atoms with Crippen molar-refractivity contribution < 1.29 is 4.79 Å². The molecule has 2 N–H and O–H groups in total. The van der Waals surface area contributed by atoms with Gasteiger partial charge in [-0.05, 0) is 66.4 Å². The Balaban J connectivity index is 1.78. The van der Waals surface area contributed by atoms with Crippen molar-refractivity contribution in [3.63, 3.8) is 0 Å². The number of carbonyl (C=O) groups is 1. The summed E-state index contributed by atoms with van der Waals surface area (Å²) in [6, 6.07) is 19.8. The zero-order valence-electron chi connectivity index (χ0n) is 17.5. The highest BCUT2D eigenvalue weighted by molar-refractivity contribution is 6.30. The molecule has 0 aromatic heterocycles. The second kappa shape index (κ2) is 11.2. The van der Waals surface area contributed by atoms with E-state index < -0.39 is 0 Å². The number of hydrazone groups is 1. The first-order chi connectivity index (χ1) is 15.4. The summed E-state index contributed by atoms with van der Waals surface area (Å²) in [6.45, 7) is 3.85. The Labute approximate surface area is 196 Å². The molecule has 3 rings (SSSR count). The van der Waals surface area contributed by atoms with Crippen molar-refractivity contribution in [2.45, 2.75) is 13.8 Å². The Morgan fingerprint density at radius 3 is 2.06 bits per heavy atom. The molecule has 0 fully saturated rings. The maximum atomic E-state index is 12.8.